The number of aliphatic hydroxyl groups is 1. The van der Waals surface area contributed by atoms with E-state index in [4.69, 9.17) is 5.11 Å². The third-order valence-corrected chi connectivity index (χ3v) is 3.29. The van der Waals surface area contributed by atoms with Gasteiger partial charge in [0, 0.05) is 29.4 Å². The lowest BCUT2D eigenvalue weighted by Crippen LogP contribution is -2.43. The van der Waals surface area contributed by atoms with Crippen molar-refractivity contribution in [1.82, 2.24) is 4.90 Å². The number of aliphatic hydroxyl groups excluding tert-OH is 1. The Morgan fingerprint density at radius 2 is 2.31 bits per heavy atom. The minimum atomic E-state index is -1.12. The van der Waals surface area contributed by atoms with Gasteiger partial charge in [0.05, 0.1) is 12.5 Å². The first-order chi connectivity index (χ1) is 7.41. The monoisotopic (exact) mass is 249 g/mol. The largest absolute Gasteiger partial charge is 0.480 e. The highest BCUT2D eigenvalue weighted by Gasteiger charge is 2.36. The van der Waals surface area contributed by atoms with E-state index in [0.29, 0.717) is 0 Å². The number of carboxylic acids is 1. The zero-order chi connectivity index (χ0) is 12.3. The zero-order valence-corrected chi connectivity index (χ0v) is 9.77. The molecule has 1 rings (SSSR count). The maximum absolute atomic E-state index is 11.4. The molecule has 1 aliphatic rings. The molecule has 92 valence electrons. The van der Waals surface area contributed by atoms with Crippen LogP contribution in [0.5, 0.6) is 0 Å². The molecule has 0 aromatic rings. The molecule has 3 atom stereocenters. The van der Waals surface area contributed by atoms with Gasteiger partial charge in [0.25, 0.3) is 0 Å². The van der Waals surface area contributed by atoms with Crippen molar-refractivity contribution >= 4 is 22.7 Å². The SMILES string of the molecule is CS(=O)CC[C@@H](C(=O)O)N1CC(O)CC1=O. The Morgan fingerprint density at radius 3 is 2.69 bits per heavy atom. The van der Waals surface area contributed by atoms with Crippen LogP contribution in [-0.2, 0) is 20.4 Å². The van der Waals surface area contributed by atoms with E-state index in [1.807, 2.05) is 0 Å². The normalized spacial score (nSPS) is 24.5. The Labute approximate surface area is 95.7 Å². The molecule has 16 heavy (non-hydrogen) atoms. The number of hydrogen-bond donors (Lipinski definition) is 2. The van der Waals surface area contributed by atoms with Gasteiger partial charge in [-0.3, -0.25) is 9.00 Å². The smallest absolute Gasteiger partial charge is 0.326 e. The van der Waals surface area contributed by atoms with Gasteiger partial charge < -0.3 is 15.1 Å². The van der Waals surface area contributed by atoms with E-state index in [1.54, 1.807) is 0 Å². The minimum Gasteiger partial charge on any atom is -0.480 e. The second kappa shape index (κ2) is 5.40. The predicted molar refractivity (Wildman–Crippen MR) is 57.3 cm³/mol. The highest BCUT2D eigenvalue weighted by Crippen LogP contribution is 2.17. The molecule has 0 radical (unpaired) electrons. The molecule has 1 saturated heterocycles. The Morgan fingerprint density at radius 1 is 1.69 bits per heavy atom. The third-order valence-electron chi connectivity index (χ3n) is 2.48. The number of β-amino-alcohol motifs (C(OH)–C–C–N with tert-alkyl or cyclic N) is 1. The summed E-state index contributed by atoms with van der Waals surface area (Å²) < 4.78 is 10.9. The van der Waals surface area contributed by atoms with Crippen LogP contribution >= 0.6 is 0 Å². The van der Waals surface area contributed by atoms with Crippen LogP contribution < -0.4 is 0 Å². The molecular formula is C9H15NO5S. The van der Waals surface area contributed by atoms with Crippen LogP contribution in [-0.4, -0.2) is 61.9 Å². The minimum absolute atomic E-state index is 0.0288. The summed E-state index contributed by atoms with van der Waals surface area (Å²) in [7, 11) is -1.09. The fourth-order valence-electron chi connectivity index (χ4n) is 1.70. The Hall–Kier alpha value is -0.950. The van der Waals surface area contributed by atoms with Crippen LogP contribution in [0, 0.1) is 0 Å². The van der Waals surface area contributed by atoms with Gasteiger partial charge in [0.1, 0.15) is 6.04 Å². The van der Waals surface area contributed by atoms with Crippen molar-refractivity contribution in [1.29, 1.82) is 0 Å². The molecule has 0 aliphatic carbocycles. The van der Waals surface area contributed by atoms with Gasteiger partial charge in [0.2, 0.25) is 5.91 Å². The van der Waals surface area contributed by atoms with Crippen molar-refractivity contribution in [2.75, 3.05) is 18.6 Å². The third kappa shape index (κ3) is 3.28. The van der Waals surface area contributed by atoms with Gasteiger partial charge in [-0.15, -0.1) is 0 Å². The summed E-state index contributed by atoms with van der Waals surface area (Å²) in [6.45, 7) is 0.0478. The second-order valence-corrected chi connectivity index (χ2v) is 5.38. The summed E-state index contributed by atoms with van der Waals surface area (Å²) in [6, 6.07) is -0.978. The summed E-state index contributed by atoms with van der Waals surface area (Å²) in [5, 5.41) is 18.2. The number of carbonyl (C=O) groups excluding carboxylic acids is 1. The first-order valence-electron chi connectivity index (χ1n) is 4.92. The summed E-state index contributed by atoms with van der Waals surface area (Å²) in [5.74, 6) is -1.24. The molecule has 1 heterocycles. The molecule has 0 spiro atoms. The van der Waals surface area contributed by atoms with Gasteiger partial charge in [0.15, 0.2) is 0 Å². The molecule has 0 aromatic heterocycles. The second-order valence-electron chi connectivity index (χ2n) is 3.82. The van der Waals surface area contributed by atoms with Gasteiger partial charge in [-0.1, -0.05) is 0 Å². The lowest BCUT2D eigenvalue weighted by molar-refractivity contribution is -0.148. The van der Waals surface area contributed by atoms with Crippen molar-refractivity contribution in [3.8, 4) is 0 Å². The number of carbonyl (C=O) groups is 2. The number of nitrogens with zero attached hydrogens (tertiary/aromatic N) is 1. The van der Waals surface area contributed by atoms with Crippen molar-refractivity contribution < 1.29 is 24.0 Å². The first-order valence-corrected chi connectivity index (χ1v) is 6.65. The average Bonchev–Trinajstić information content (AvgIpc) is 2.45. The van der Waals surface area contributed by atoms with Crippen molar-refractivity contribution in [3.63, 3.8) is 0 Å². The number of aliphatic carboxylic acids is 1. The number of amides is 1. The Kier molecular flexibility index (Phi) is 4.43. The average molecular weight is 249 g/mol. The molecule has 7 heteroatoms. The van der Waals surface area contributed by atoms with Gasteiger partial charge >= 0.3 is 5.97 Å². The van der Waals surface area contributed by atoms with Gasteiger partial charge in [-0.05, 0) is 6.42 Å². The van der Waals surface area contributed by atoms with Gasteiger partial charge in [-0.2, -0.15) is 0 Å². The fraction of sp³-hybridized carbons (Fsp3) is 0.778. The van der Waals surface area contributed by atoms with E-state index >= 15 is 0 Å². The number of rotatable bonds is 5. The molecule has 0 saturated carbocycles. The number of carboxylic acid groups (broad SMARTS) is 1. The van der Waals surface area contributed by atoms with Crippen LogP contribution in [0.4, 0.5) is 0 Å². The molecule has 2 unspecified atom stereocenters. The summed E-state index contributed by atoms with van der Waals surface area (Å²) in [6.07, 6.45) is 0.816. The van der Waals surface area contributed by atoms with E-state index < -0.39 is 28.9 Å². The maximum atomic E-state index is 11.4. The summed E-state index contributed by atoms with van der Waals surface area (Å²) in [4.78, 5) is 23.5. The zero-order valence-electron chi connectivity index (χ0n) is 8.96. The molecular weight excluding hydrogens is 234 g/mol. The van der Waals surface area contributed by atoms with E-state index in [2.05, 4.69) is 0 Å². The summed E-state index contributed by atoms with van der Waals surface area (Å²) in [5.41, 5.74) is 0. The van der Waals surface area contributed by atoms with E-state index in [-0.39, 0.29) is 31.0 Å². The standard InChI is InChI=1S/C9H15NO5S/c1-16(15)3-2-7(9(13)14)10-5-6(11)4-8(10)12/h6-7,11H,2-5H2,1H3,(H,13,14)/t6?,7-,16?/m0/s1. The van der Waals surface area contributed by atoms with E-state index in [1.165, 1.54) is 6.26 Å². The molecule has 0 aromatic carbocycles. The van der Waals surface area contributed by atoms with Crippen LogP contribution in [0.3, 0.4) is 0 Å². The fourth-order valence-corrected chi connectivity index (χ4v) is 2.26. The van der Waals surface area contributed by atoms with Crippen LogP contribution in [0.25, 0.3) is 0 Å². The number of likely N-dealkylation sites (tertiary alicyclic amines) is 1. The molecule has 0 bridgehead atoms. The topological polar surface area (TPSA) is 94.9 Å². The Bertz CT molecular complexity index is 319. The molecule has 1 aliphatic heterocycles. The van der Waals surface area contributed by atoms with Crippen molar-refractivity contribution in [3.05, 3.63) is 0 Å². The molecule has 1 amide bonds. The highest BCUT2D eigenvalue weighted by atomic mass is 32.2. The van der Waals surface area contributed by atoms with Crippen molar-refractivity contribution in [2.45, 2.75) is 25.0 Å². The van der Waals surface area contributed by atoms with Crippen molar-refractivity contribution in [2.24, 2.45) is 0 Å². The van der Waals surface area contributed by atoms with E-state index in [9.17, 15) is 18.9 Å². The summed E-state index contributed by atoms with van der Waals surface area (Å²) >= 11 is 0. The molecule has 2 N–H and O–H groups in total. The maximum Gasteiger partial charge on any atom is 0.326 e. The van der Waals surface area contributed by atoms with E-state index in [0.717, 1.165) is 4.90 Å². The molecule has 1 fully saturated rings. The molecule has 6 nitrogen and oxygen atoms in total. The lowest BCUT2D eigenvalue weighted by Gasteiger charge is -2.23. The Balaban J connectivity index is 2.66. The first kappa shape index (κ1) is 13.1. The highest BCUT2D eigenvalue weighted by molar-refractivity contribution is 7.84. The van der Waals surface area contributed by atoms with Crippen LogP contribution in [0.2, 0.25) is 0 Å². The van der Waals surface area contributed by atoms with Crippen LogP contribution in [0.1, 0.15) is 12.8 Å². The lowest BCUT2D eigenvalue weighted by atomic mass is 10.2. The van der Waals surface area contributed by atoms with Gasteiger partial charge in [-0.25, -0.2) is 4.79 Å². The predicted octanol–water partition coefficient (Wildman–Crippen LogP) is -1.20. The quantitative estimate of drug-likeness (QED) is 0.638. The number of hydrogen-bond acceptors (Lipinski definition) is 4. The van der Waals surface area contributed by atoms with Crippen LogP contribution in [0.15, 0.2) is 0 Å².